The van der Waals surface area contributed by atoms with E-state index in [4.69, 9.17) is 5.11 Å². The predicted octanol–water partition coefficient (Wildman–Crippen LogP) is 0.540. The maximum absolute atomic E-state index is 11.5. The van der Waals surface area contributed by atoms with Crippen molar-refractivity contribution in [3.8, 4) is 0 Å². The third kappa shape index (κ3) is 2.40. The molecule has 1 unspecified atom stereocenters. The van der Waals surface area contributed by atoms with Gasteiger partial charge in [0.1, 0.15) is 6.04 Å². The second kappa shape index (κ2) is 4.35. The second-order valence-electron chi connectivity index (χ2n) is 5.16. The summed E-state index contributed by atoms with van der Waals surface area (Å²) in [6.45, 7) is 0.521. The van der Waals surface area contributed by atoms with Gasteiger partial charge in [-0.1, -0.05) is 6.42 Å². The zero-order valence-corrected chi connectivity index (χ0v) is 10.4. The van der Waals surface area contributed by atoms with Crippen LogP contribution in [0.25, 0.3) is 0 Å². The first-order chi connectivity index (χ1) is 7.85. The molecule has 6 nitrogen and oxygen atoms in total. The molecule has 0 aromatic heterocycles. The number of carboxylic acids is 1. The van der Waals surface area contributed by atoms with Crippen molar-refractivity contribution in [3.63, 3.8) is 0 Å². The fourth-order valence-electron chi connectivity index (χ4n) is 3.43. The Morgan fingerprint density at radius 3 is 2.65 bits per heavy atom. The van der Waals surface area contributed by atoms with Gasteiger partial charge in [0.25, 0.3) is 0 Å². The lowest BCUT2D eigenvalue weighted by Crippen LogP contribution is -2.50. The molecule has 2 fully saturated rings. The molecule has 1 saturated heterocycles. The van der Waals surface area contributed by atoms with E-state index < -0.39 is 30.7 Å². The quantitative estimate of drug-likeness (QED) is 0.542. The van der Waals surface area contributed by atoms with Crippen molar-refractivity contribution in [1.82, 2.24) is 5.32 Å². The number of hydrogen-bond acceptors (Lipinski definition) is 3. The van der Waals surface area contributed by atoms with Crippen LogP contribution in [-0.4, -0.2) is 39.1 Å². The molecule has 3 atom stereocenters. The SMILES string of the molecule is O=C(O)[C@H]1CC2(CCC[C@H]2P(=O)(O)O)CCN1. The average molecular weight is 263 g/mol. The molecular formula is C10H18NO5P. The molecular weight excluding hydrogens is 245 g/mol. The van der Waals surface area contributed by atoms with E-state index in [0.717, 1.165) is 12.8 Å². The molecule has 1 heterocycles. The van der Waals surface area contributed by atoms with Gasteiger partial charge in [0, 0.05) is 0 Å². The minimum absolute atomic E-state index is 0.331. The van der Waals surface area contributed by atoms with Crippen LogP contribution >= 0.6 is 7.60 Å². The van der Waals surface area contributed by atoms with E-state index >= 15 is 0 Å². The van der Waals surface area contributed by atoms with Crippen molar-refractivity contribution in [3.05, 3.63) is 0 Å². The first kappa shape index (κ1) is 13.0. The zero-order chi connectivity index (χ0) is 12.7. The summed E-state index contributed by atoms with van der Waals surface area (Å²) in [5, 5.41) is 11.9. The van der Waals surface area contributed by atoms with Crippen LogP contribution in [0.5, 0.6) is 0 Å². The first-order valence-corrected chi connectivity index (χ1v) is 7.55. The summed E-state index contributed by atoms with van der Waals surface area (Å²) in [6, 6.07) is -0.670. The Bertz CT molecular complexity index is 368. The van der Waals surface area contributed by atoms with Crippen LogP contribution in [0, 0.1) is 5.41 Å². The monoisotopic (exact) mass is 263 g/mol. The smallest absolute Gasteiger partial charge is 0.329 e. The fraction of sp³-hybridized carbons (Fsp3) is 0.900. The Hall–Kier alpha value is -0.420. The summed E-state index contributed by atoms with van der Waals surface area (Å²) in [7, 11) is -4.12. The largest absolute Gasteiger partial charge is 0.480 e. The van der Waals surface area contributed by atoms with Gasteiger partial charge in [0.05, 0.1) is 5.66 Å². The lowest BCUT2D eigenvalue weighted by Gasteiger charge is -2.41. The number of piperidine rings is 1. The Morgan fingerprint density at radius 2 is 2.06 bits per heavy atom. The molecule has 98 valence electrons. The van der Waals surface area contributed by atoms with Crippen LogP contribution in [0.4, 0.5) is 0 Å². The van der Waals surface area contributed by atoms with Crippen LogP contribution in [-0.2, 0) is 9.36 Å². The highest BCUT2D eigenvalue weighted by molar-refractivity contribution is 7.52. The van der Waals surface area contributed by atoms with E-state index in [0.29, 0.717) is 25.8 Å². The van der Waals surface area contributed by atoms with Gasteiger partial charge in [-0.25, -0.2) is 0 Å². The van der Waals surface area contributed by atoms with Gasteiger partial charge >= 0.3 is 13.6 Å². The van der Waals surface area contributed by atoms with Crippen molar-refractivity contribution in [2.75, 3.05) is 6.54 Å². The fourth-order valence-corrected chi connectivity index (χ4v) is 5.02. The molecule has 1 spiro atoms. The molecule has 2 aliphatic rings. The van der Waals surface area contributed by atoms with Crippen LogP contribution < -0.4 is 5.32 Å². The topological polar surface area (TPSA) is 107 Å². The number of carboxylic acid groups (broad SMARTS) is 1. The molecule has 0 aromatic carbocycles. The summed E-state index contributed by atoms with van der Waals surface area (Å²) >= 11 is 0. The van der Waals surface area contributed by atoms with Crippen molar-refractivity contribution in [2.45, 2.75) is 43.8 Å². The zero-order valence-electron chi connectivity index (χ0n) is 9.50. The molecule has 0 radical (unpaired) electrons. The molecule has 17 heavy (non-hydrogen) atoms. The lowest BCUT2D eigenvalue weighted by molar-refractivity contribution is -0.141. The lowest BCUT2D eigenvalue weighted by atomic mass is 9.74. The van der Waals surface area contributed by atoms with E-state index in [-0.39, 0.29) is 0 Å². The van der Waals surface area contributed by atoms with E-state index in [1.165, 1.54) is 0 Å². The summed E-state index contributed by atoms with van der Waals surface area (Å²) in [4.78, 5) is 29.8. The van der Waals surface area contributed by atoms with Crippen molar-refractivity contribution in [2.24, 2.45) is 5.41 Å². The Labute approximate surface area is 99.6 Å². The third-order valence-electron chi connectivity index (χ3n) is 4.19. The van der Waals surface area contributed by atoms with Crippen LogP contribution in [0.2, 0.25) is 0 Å². The second-order valence-corrected chi connectivity index (χ2v) is 6.96. The molecule has 1 aliphatic heterocycles. The molecule has 0 amide bonds. The van der Waals surface area contributed by atoms with Crippen molar-refractivity contribution in [1.29, 1.82) is 0 Å². The van der Waals surface area contributed by atoms with Crippen LogP contribution in [0.3, 0.4) is 0 Å². The van der Waals surface area contributed by atoms with Gasteiger partial charge in [-0.15, -0.1) is 0 Å². The van der Waals surface area contributed by atoms with Crippen molar-refractivity contribution < 1.29 is 24.3 Å². The Kier molecular flexibility index (Phi) is 3.34. The number of carbonyl (C=O) groups is 1. The molecule has 2 rings (SSSR count). The van der Waals surface area contributed by atoms with Crippen molar-refractivity contribution >= 4 is 13.6 Å². The molecule has 0 aromatic rings. The average Bonchev–Trinajstić information content (AvgIpc) is 2.61. The minimum Gasteiger partial charge on any atom is -0.480 e. The Morgan fingerprint density at radius 1 is 1.35 bits per heavy atom. The van der Waals surface area contributed by atoms with Gasteiger partial charge in [-0.3, -0.25) is 9.36 Å². The number of nitrogens with one attached hydrogen (secondary N) is 1. The number of rotatable bonds is 2. The summed E-state index contributed by atoms with van der Waals surface area (Å²) in [6.07, 6.45) is 3.01. The Balaban J connectivity index is 2.22. The molecule has 0 bridgehead atoms. The highest BCUT2D eigenvalue weighted by atomic mass is 31.2. The van der Waals surface area contributed by atoms with Crippen LogP contribution in [0.15, 0.2) is 0 Å². The van der Waals surface area contributed by atoms with Gasteiger partial charge in [0.15, 0.2) is 0 Å². The molecule has 7 heteroatoms. The molecule has 4 N–H and O–H groups in total. The molecule has 1 aliphatic carbocycles. The maximum atomic E-state index is 11.5. The normalized spacial score (nSPS) is 38.5. The van der Waals surface area contributed by atoms with E-state index in [9.17, 15) is 19.1 Å². The van der Waals surface area contributed by atoms with E-state index in [2.05, 4.69) is 5.32 Å². The molecule has 1 saturated carbocycles. The summed E-state index contributed by atoms with van der Waals surface area (Å²) in [5.74, 6) is -0.930. The van der Waals surface area contributed by atoms with E-state index in [1.54, 1.807) is 0 Å². The number of hydrogen-bond donors (Lipinski definition) is 4. The summed E-state index contributed by atoms with van der Waals surface area (Å²) < 4.78 is 11.5. The van der Waals surface area contributed by atoms with Gasteiger partial charge < -0.3 is 20.2 Å². The highest BCUT2D eigenvalue weighted by Crippen LogP contribution is 2.61. The van der Waals surface area contributed by atoms with Gasteiger partial charge in [-0.2, -0.15) is 0 Å². The third-order valence-corrected chi connectivity index (χ3v) is 5.81. The summed E-state index contributed by atoms with van der Waals surface area (Å²) in [5.41, 5.74) is -1.13. The van der Waals surface area contributed by atoms with Crippen LogP contribution in [0.1, 0.15) is 32.1 Å². The first-order valence-electron chi connectivity index (χ1n) is 5.87. The van der Waals surface area contributed by atoms with E-state index in [1.807, 2.05) is 0 Å². The van der Waals surface area contributed by atoms with Gasteiger partial charge in [-0.05, 0) is 37.6 Å². The maximum Gasteiger partial charge on any atom is 0.329 e. The highest BCUT2D eigenvalue weighted by Gasteiger charge is 2.53. The standard InChI is InChI=1S/C10H18NO5P/c12-9(13)7-6-10(4-5-11-7)3-1-2-8(10)17(14,15)16/h7-8,11H,1-6H2,(H,12,13)(H2,14,15,16)/t7-,8-,10?/m1/s1. The minimum atomic E-state index is -4.12. The van der Waals surface area contributed by atoms with Gasteiger partial charge in [0.2, 0.25) is 0 Å². The predicted molar refractivity (Wildman–Crippen MR) is 60.8 cm³/mol. The number of aliphatic carboxylic acids is 1.